The van der Waals surface area contributed by atoms with Crippen LogP contribution in [0.2, 0.25) is 0 Å². The Hall–Kier alpha value is -1.65. The fourth-order valence-corrected chi connectivity index (χ4v) is 2.93. The zero-order valence-electron chi connectivity index (χ0n) is 12.6. The van der Waals surface area contributed by atoms with Gasteiger partial charge in [0.15, 0.2) is 0 Å². The zero-order valence-corrected chi connectivity index (χ0v) is 13.4. The fourth-order valence-electron chi connectivity index (χ4n) is 2.12. The molecule has 3 N–H and O–H groups in total. The standard InChI is InChI=1S/C17H22N2OS/c1-17(2,9-8-13-6-4-3-5-7-13)19-11-15-10-14(12-21-15)16(18)20/h3-7,10,12,19H,8-9,11H2,1-2H3,(H2,18,20). The smallest absolute Gasteiger partial charge is 0.249 e. The molecule has 0 spiro atoms. The van der Waals surface area contributed by atoms with Crippen molar-refractivity contribution in [1.82, 2.24) is 5.32 Å². The second-order valence-electron chi connectivity index (χ2n) is 5.89. The number of benzene rings is 1. The van der Waals surface area contributed by atoms with E-state index in [1.54, 1.807) is 11.3 Å². The molecule has 2 rings (SSSR count). The van der Waals surface area contributed by atoms with Gasteiger partial charge in [-0.2, -0.15) is 0 Å². The van der Waals surface area contributed by atoms with E-state index < -0.39 is 0 Å². The lowest BCUT2D eigenvalue weighted by atomic mass is 9.95. The van der Waals surface area contributed by atoms with Gasteiger partial charge in [-0.25, -0.2) is 0 Å². The molecular weight excluding hydrogens is 280 g/mol. The highest BCUT2D eigenvalue weighted by atomic mass is 32.1. The van der Waals surface area contributed by atoms with E-state index in [1.807, 2.05) is 17.5 Å². The Balaban J connectivity index is 1.84. The molecule has 3 nitrogen and oxygen atoms in total. The van der Waals surface area contributed by atoms with Crippen LogP contribution < -0.4 is 11.1 Å². The van der Waals surface area contributed by atoms with E-state index in [9.17, 15) is 4.79 Å². The van der Waals surface area contributed by atoms with Gasteiger partial charge < -0.3 is 11.1 Å². The van der Waals surface area contributed by atoms with Gasteiger partial charge in [0.1, 0.15) is 0 Å². The number of carbonyl (C=O) groups is 1. The third kappa shape index (κ3) is 4.99. The molecule has 21 heavy (non-hydrogen) atoms. The molecule has 0 saturated heterocycles. The minimum absolute atomic E-state index is 0.0483. The SMILES string of the molecule is CC(C)(CCc1ccccc1)NCc1cc(C(N)=O)cs1. The number of hydrogen-bond acceptors (Lipinski definition) is 3. The first kappa shape index (κ1) is 15.7. The van der Waals surface area contributed by atoms with E-state index in [1.165, 1.54) is 5.56 Å². The maximum absolute atomic E-state index is 11.1. The van der Waals surface area contributed by atoms with Crippen molar-refractivity contribution in [2.24, 2.45) is 5.73 Å². The van der Waals surface area contributed by atoms with E-state index in [-0.39, 0.29) is 11.4 Å². The Bertz CT molecular complexity index is 590. The minimum Gasteiger partial charge on any atom is -0.366 e. The Morgan fingerprint density at radius 3 is 2.62 bits per heavy atom. The van der Waals surface area contributed by atoms with E-state index >= 15 is 0 Å². The summed E-state index contributed by atoms with van der Waals surface area (Å²) < 4.78 is 0. The number of carbonyl (C=O) groups excluding carboxylic acids is 1. The van der Waals surface area contributed by atoms with Crippen LogP contribution in [0.5, 0.6) is 0 Å². The Kier molecular flexibility index (Phi) is 5.15. The van der Waals surface area contributed by atoms with Crippen LogP contribution in [0.1, 0.15) is 41.1 Å². The van der Waals surface area contributed by atoms with Crippen LogP contribution in [0.25, 0.3) is 0 Å². The van der Waals surface area contributed by atoms with Crippen molar-refractivity contribution >= 4 is 17.2 Å². The van der Waals surface area contributed by atoms with Crippen LogP contribution in [-0.4, -0.2) is 11.4 Å². The number of primary amides is 1. The third-order valence-corrected chi connectivity index (χ3v) is 4.50. The average molecular weight is 302 g/mol. The molecule has 4 heteroatoms. The predicted molar refractivity (Wildman–Crippen MR) is 88.5 cm³/mol. The number of hydrogen-bond donors (Lipinski definition) is 2. The van der Waals surface area contributed by atoms with Crippen molar-refractivity contribution in [3.05, 3.63) is 57.8 Å². The number of aryl methyl sites for hydroxylation is 1. The summed E-state index contributed by atoms with van der Waals surface area (Å²) in [5.74, 6) is -0.360. The largest absolute Gasteiger partial charge is 0.366 e. The molecule has 0 bridgehead atoms. The summed E-state index contributed by atoms with van der Waals surface area (Å²) in [6.07, 6.45) is 2.11. The highest BCUT2D eigenvalue weighted by Crippen LogP contribution is 2.18. The summed E-state index contributed by atoms with van der Waals surface area (Å²) in [5, 5.41) is 5.37. The zero-order chi connectivity index (χ0) is 15.3. The molecule has 112 valence electrons. The van der Waals surface area contributed by atoms with Crippen molar-refractivity contribution < 1.29 is 4.79 Å². The van der Waals surface area contributed by atoms with E-state index in [2.05, 4.69) is 43.4 Å². The van der Waals surface area contributed by atoms with Crippen LogP contribution in [0.4, 0.5) is 0 Å². The number of nitrogens with two attached hydrogens (primary N) is 1. The van der Waals surface area contributed by atoms with Crippen molar-refractivity contribution in [3.63, 3.8) is 0 Å². The van der Waals surface area contributed by atoms with Gasteiger partial charge >= 0.3 is 0 Å². The summed E-state index contributed by atoms with van der Waals surface area (Å²) >= 11 is 1.57. The minimum atomic E-state index is -0.360. The van der Waals surface area contributed by atoms with Crippen molar-refractivity contribution in [2.45, 2.75) is 38.8 Å². The van der Waals surface area contributed by atoms with Crippen LogP contribution in [0, 0.1) is 0 Å². The molecule has 0 radical (unpaired) electrons. The van der Waals surface area contributed by atoms with Gasteiger partial charge in [-0.05, 0) is 38.3 Å². The highest BCUT2D eigenvalue weighted by Gasteiger charge is 2.17. The summed E-state index contributed by atoms with van der Waals surface area (Å²) in [7, 11) is 0. The molecule has 1 aromatic carbocycles. The molecular formula is C17H22N2OS. The maximum Gasteiger partial charge on any atom is 0.249 e. The van der Waals surface area contributed by atoms with Gasteiger partial charge in [-0.3, -0.25) is 4.79 Å². The van der Waals surface area contributed by atoms with Crippen LogP contribution in [0.3, 0.4) is 0 Å². The monoisotopic (exact) mass is 302 g/mol. The summed E-state index contributed by atoms with van der Waals surface area (Å²) in [6, 6.07) is 12.4. The van der Waals surface area contributed by atoms with Gasteiger partial charge in [0.05, 0.1) is 5.56 Å². The maximum atomic E-state index is 11.1. The highest BCUT2D eigenvalue weighted by molar-refractivity contribution is 7.10. The number of amides is 1. The number of nitrogens with one attached hydrogen (secondary N) is 1. The van der Waals surface area contributed by atoms with Gasteiger partial charge in [0.2, 0.25) is 5.91 Å². The Morgan fingerprint density at radius 1 is 1.29 bits per heavy atom. The molecule has 1 heterocycles. The summed E-state index contributed by atoms with van der Waals surface area (Å²) in [4.78, 5) is 12.2. The summed E-state index contributed by atoms with van der Waals surface area (Å²) in [6.45, 7) is 5.18. The molecule has 1 aromatic heterocycles. The van der Waals surface area contributed by atoms with Crippen LogP contribution >= 0.6 is 11.3 Å². The van der Waals surface area contributed by atoms with E-state index in [4.69, 9.17) is 5.73 Å². The Morgan fingerprint density at radius 2 is 2.00 bits per heavy atom. The van der Waals surface area contributed by atoms with Gasteiger partial charge in [-0.15, -0.1) is 11.3 Å². The van der Waals surface area contributed by atoms with Crippen molar-refractivity contribution in [3.8, 4) is 0 Å². The molecule has 0 unspecified atom stereocenters. The van der Waals surface area contributed by atoms with Crippen LogP contribution in [0.15, 0.2) is 41.8 Å². The molecule has 0 fully saturated rings. The van der Waals surface area contributed by atoms with Gasteiger partial charge in [-0.1, -0.05) is 30.3 Å². The molecule has 0 aliphatic heterocycles. The lowest BCUT2D eigenvalue weighted by Crippen LogP contribution is -2.38. The lowest BCUT2D eigenvalue weighted by Gasteiger charge is -2.26. The van der Waals surface area contributed by atoms with Crippen molar-refractivity contribution in [2.75, 3.05) is 0 Å². The Labute approximate surface area is 130 Å². The topological polar surface area (TPSA) is 55.1 Å². The molecule has 0 aliphatic rings. The molecule has 2 aromatic rings. The van der Waals surface area contributed by atoms with Crippen molar-refractivity contribution in [1.29, 1.82) is 0 Å². The molecule has 0 atom stereocenters. The summed E-state index contributed by atoms with van der Waals surface area (Å²) in [5.41, 5.74) is 7.27. The first-order valence-electron chi connectivity index (χ1n) is 7.12. The second kappa shape index (κ2) is 6.87. The van der Waals surface area contributed by atoms with Crippen LogP contribution in [-0.2, 0) is 13.0 Å². The number of rotatable bonds is 7. The first-order chi connectivity index (χ1) is 9.96. The molecule has 0 saturated carbocycles. The fraction of sp³-hybridized carbons (Fsp3) is 0.353. The lowest BCUT2D eigenvalue weighted by molar-refractivity contribution is 0.100. The second-order valence-corrected chi connectivity index (χ2v) is 6.88. The van der Waals surface area contributed by atoms with E-state index in [0.29, 0.717) is 5.56 Å². The third-order valence-electron chi connectivity index (χ3n) is 3.56. The molecule has 1 amide bonds. The normalized spacial score (nSPS) is 11.5. The van der Waals surface area contributed by atoms with Gasteiger partial charge in [0.25, 0.3) is 0 Å². The number of thiophene rings is 1. The first-order valence-corrected chi connectivity index (χ1v) is 8.00. The average Bonchev–Trinajstić information content (AvgIpc) is 2.94. The predicted octanol–water partition coefficient (Wildman–Crippen LogP) is 3.35. The van der Waals surface area contributed by atoms with Gasteiger partial charge in [0, 0.05) is 22.3 Å². The quantitative estimate of drug-likeness (QED) is 0.824. The van der Waals surface area contributed by atoms with E-state index in [0.717, 1.165) is 24.3 Å². The molecule has 0 aliphatic carbocycles.